The first kappa shape index (κ1) is 49.5. The Balaban J connectivity index is 3.84. The van der Waals surface area contributed by atoms with E-state index in [1.54, 1.807) is 7.05 Å². The Kier molecular flexibility index (Phi) is 35.8. The number of aliphatic hydroxyl groups is 4. The number of ether oxygens (including phenoxy) is 1. The third kappa shape index (κ3) is 31.7. The molecule has 0 spiro atoms. The van der Waals surface area contributed by atoms with Crippen LogP contribution in [0.5, 0.6) is 0 Å². The molecule has 0 aliphatic heterocycles. The van der Waals surface area contributed by atoms with Gasteiger partial charge < -0.3 is 30.1 Å². The van der Waals surface area contributed by atoms with Crippen molar-refractivity contribution in [1.82, 2.24) is 4.90 Å². The lowest BCUT2D eigenvalue weighted by Gasteiger charge is -2.29. The molecule has 0 aromatic rings. The van der Waals surface area contributed by atoms with Crippen molar-refractivity contribution < 1.29 is 34.8 Å². The van der Waals surface area contributed by atoms with Crippen molar-refractivity contribution in [2.45, 2.75) is 231 Å². The Morgan fingerprint density at radius 1 is 0.510 bits per heavy atom. The maximum Gasteiger partial charge on any atom is 0.305 e. The summed E-state index contributed by atoms with van der Waals surface area (Å²) in [6.07, 6.45) is 32.9. The molecule has 0 aromatic heterocycles. The highest BCUT2D eigenvalue weighted by Crippen LogP contribution is 2.15. The number of carbonyl (C=O) groups excluding carboxylic acids is 2. The molecule has 0 saturated heterocycles. The first-order valence-corrected chi connectivity index (χ1v) is 21.5. The molecule has 0 aromatic carbocycles. The molecule has 0 aliphatic rings. The standard InChI is InChI=1S/C43H83NO7/c1-4-6-8-10-12-14-16-18-20-22-24-26-28-30-32-34-40(47)44(3)36-38(45)42(49)43(50)39(46)37-51-41(48)35-33-31-29-27-25-23-21-19-17-15-13-11-9-7-5-2/h16,18,38-39,42-43,45-46,49-50H,4-15,17,19-37H2,1-3H3/b18-16+. The second kappa shape index (κ2) is 36.9. The molecule has 0 heterocycles. The molecule has 51 heavy (non-hydrogen) atoms. The van der Waals surface area contributed by atoms with Gasteiger partial charge in [-0.05, 0) is 38.5 Å². The lowest BCUT2D eigenvalue weighted by Crippen LogP contribution is -2.50. The summed E-state index contributed by atoms with van der Waals surface area (Å²) in [5, 5.41) is 41.4. The van der Waals surface area contributed by atoms with Crippen LogP contribution < -0.4 is 0 Å². The van der Waals surface area contributed by atoms with Crippen molar-refractivity contribution in [3.8, 4) is 0 Å². The number of amides is 1. The average molecular weight is 726 g/mol. The second-order valence-corrected chi connectivity index (χ2v) is 15.1. The molecule has 4 unspecified atom stereocenters. The lowest BCUT2D eigenvalue weighted by molar-refractivity contribution is -0.156. The molecule has 0 bridgehead atoms. The molecule has 4 atom stereocenters. The lowest BCUT2D eigenvalue weighted by atomic mass is 10.0. The van der Waals surface area contributed by atoms with Gasteiger partial charge in [0.05, 0.1) is 0 Å². The van der Waals surface area contributed by atoms with Crippen molar-refractivity contribution in [2.75, 3.05) is 20.2 Å². The average Bonchev–Trinajstić information content (AvgIpc) is 3.12. The van der Waals surface area contributed by atoms with E-state index in [0.717, 1.165) is 44.9 Å². The van der Waals surface area contributed by atoms with Gasteiger partial charge in [-0.25, -0.2) is 0 Å². The minimum absolute atomic E-state index is 0.135. The Hall–Kier alpha value is -1.48. The Labute approximate surface area is 314 Å². The van der Waals surface area contributed by atoms with Crippen LogP contribution in [-0.2, 0) is 14.3 Å². The van der Waals surface area contributed by atoms with Gasteiger partial charge in [-0.3, -0.25) is 9.59 Å². The summed E-state index contributed by atoms with van der Waals surface area (Å²) in [5.74, 6) is -0.587. The zero-order valence-electron chi connectivity index (χ0n) is 33.6. The van der Waals surface area contributed by atoms with E-state index in [4.69, 9.17) is 4.74 Å². The number of rotatable bonds is 38. The molecule has 8 heteroatoms. The molecular weight excluding hydrogens is 642 g/mol. The quantitative estimate of drug-likeness (QED) is 0.0284. The third-order valence-corrected chi connectivity index (χ3v) is 10.1. The van der Waals surface area contributed by atoms with Crippen LogP contribution in [0.4, 0.5) is 0 Å². The Morgan fingerprint density at radius 3 is 1.29 bits per heavy atom. The van der Waals surface area contributed by atoms with Gasteiger partial charge in [0.15, 0.2) is 0 Å². The van der Waals surface area contributed by atoms with Crippen molar-refractivity contribution in [2.24, 2.45) is 0 Å². The van der Waals surface area contributed by atoms with Crippen molar-refractivity contribution in [3.05, 3.63) is 12.2 Å². The summed E-state index contributed by atoms with van der Waals surface area (Å²) in [7, 11) is 1.56. The fraction of sp³-hybridized carbons (Fsp3) is 0.907. The topological polar surface area (TPSA) is 128 Å². The van der Waals surface area contributed by atoms with E-state index in [9.17, 15) is 30.0 Å². The highest BCUT2D eigenvalue weighted by atomic mass is 16.5. The number of carbonyl (C=O) groups is 2. The van der Waals surface area contributed by atoms with E-state index >= 15 is 0 Å². The number of esters is 1. The van der Waals surface area contributed by atoms with Crippen LogP contribution in [0.25, 0.3) is 0 Å². The highest BCUT2D eigenvalue weighted by molar-refractivity contribution is 5.75. The van der Waals surface area contributed by atoms with Crippen molar-refractivity contribution >= 4 is 11.9 Å². The van der Waals surface area contributed by atoms with Crippen LogP contribution in [0.15, 0.2) is 12.2 Å². The predicted octanol–water partition coefficient (Wildman–Crippen LogP) is 9.73. The summed E-state index contributed by atoms with van der Waals surface area (Å²) in [6, 6.07) is 0. The minimum atomic E-state index is -1.71. The first-order valence-electron chi connectivity index (χ1n) is 21.5. The number of nitrogens with zero attached hydrogens (tertiary/aromatic N) is 1. The summed E-state index contributed by atoms with van der Waals surface area (Å²) >= 11 is 0. The molecule has 0 fully saturated rings. The summed E-state index contributed by atoms with van der Waals surface area (Å²) in [4.78, 5) is 26.0. The number of allylic oxidation sites excluding steroid dienone is 2. The molecule has 1 amide bonds. The van der Waals surface area contributed by atoms with Gasteiger partial charge in [0.25, 0.3) is 0 Å². The Morgan fingerprint density at radius 2 is 0.863 bits per heavy atom. The van der Waals surface area contributed by atoms with Gasteiger partial charge in [0, 0.05) is 26.4 Å². The fourth-order valence-electron chi connectivity index (χ4n) is 6.47. The summed E-state index contributed by atoms with van der Waals surface area (Å²) < 4.78 is 5.10. The number of likely N-dealkylation sites (N-methyl/N-ethyl adjacent to an activating group) is 1. The van der Waals surface area contributed by atoms with Gasteiger partial charge in [-0.2, -0.15) is 0 Å². The molecular formula is C43H83NO7. The highest BCUT2D eigenvalue weighted by Gasteiger charge is 2.32. The van der Waals surface area contributed by atoms with Crippen LogP contribution in [-0.4, -0.2) is 81.8 Å². The first-order chi connectivity index (χ1) is 24.7. The van der Waals surface area contributed by atoms with Crippen LogP contribution >= 0.6 is 0 Å². The maximum absolute atomic E-state index is 12.5. The molecule has 8 nitrogen and oxygen atoms in total. The van der Waals surface area contributed by atoms with E-state index in [0.29, 0.717) is 12.8 Å². The molecule has 302 valence electrons. The number of hydrogen-bond acceptors (Lipinski definition) is 7. The minimum Gasteiger partial charge on any atom is -0.463 e. The predicted molar refractivity (Wildman–Crippen MR) is 212 cm³/mol. The zero-order chi connectivity index (χ0) is 37.8. The van der Waals surface area contributed by atoms with Gasteiger partial charge >= 0.3 is 5.97 Å². The third-order valence-electron chi connectivity index (χ3n) is 10.1. The molecule has 0 aliphatic carbocycles. The SMILES string of the molecule is CCCCCCC/C=C/CCCCCCCCC(=O)N(C)CC(O)C(O)C(O)C(O)COC(=O)CCCCCCCCCCCCCCCCC. The van der Waals surface area contributed by atoms with Gasteiger partial charge in [-0.15, -0.1) is 0 Å². The van der Waals surface area contributed by atoms with E-state index in [1.165, 1.54) is 133 Å². The summed E-state index contributed by atoms with van der Waals surface area (Å²) in [6.45, 7) is 3.86. The molecule has 0 radical (unpaired) electrons. The molecule has 0 saturated carbocycles. The molecule has 0 rings (SSSR count). The number of hydrogen-bond donors (Lipinski definition) is 4. The van der Waals surface area contributed by atoms with E-state index in [1.807, 2.05) is 0 Å². The van der Waals surface area contributed by atoms with Crippen LogP contribution in [0.1, 0.15) is 206 Å². The summed E-state index contributed by atoms with van der Waals surface area (Å²) in [5.41, 5.74) is 0. The monoisotopic (exact) mass is 726 g/mol. The Bertz CT molecular complexity index is 807. The van der Waals surface area contributed by atoms with E-state index in [2.05, 4.69) is 26.0 Å². The van der Waals surface area contributed by atoms with Crippen molar-refractivity contribution in [1.29, 1.82) is 0 Å². The van der Waals surface area contributed by atoms with E-state index in [-0.39, 0.29) is 18.9 Å². The largest absolute Gasteiger partial charge is 0.463 e. The normalized spacial score (nSPS) is 14.1. The van der Waals surface area contributed by atoms with E-state index < -0.39 is 37.0 Å². The van der Waals surface area contributed by atoms with Gasteiger partial charge in [0.1, 0.15) is 31.0 Å². The fourth-order valence-corrected chi connectivity index (χ4v) is 6.47. The smallest absolute Gasteiger partial charge is 0.305 e. The number of aliphatic hydroxyl groups excluding tert-OH is 4. The van der Waals surface area contributed by atoms with Crippen LogP contribution in [0.2, 0.25) is 0 Å². The maximum atomic E-state index is 12.5. The van der Waals surface area contributed by atoms with Gasteiger partial charge in [0.2, 0.25) is 5.91 Å². The van der Waals surface area contributed by atoms with Crippen LogP contribution in [0.3, 0.4) is 0 Å². The number of unbranched alkanes of at least 4 members (excludes halogenated alkanes) is 25. The molecule has 4 N–H and O–H groups in total. The zero-order valence-corrected chi connectivity index (χ0v) is 33.6. The second-order valence-electron chi connectivity index (χ2n) is 15.1. The van der Waals surface area contributed by atoms with Crippen LogP contribution in [0, 0.1) is 0 Å². The van der Waals surface area contributed by atoms with Gasteiger partial charge in [-0.1, -0.05) is 167 Å². The van der Waals surface area contributed by atoms with Crippen molar-refractivity contribution in [3.63, 3.8) is 0 Å².